The third-order valence-electron chi connectivity index (χ3n) is 4.29. The minimum Gasteiger partial charge on any atom is -0.494 e. The number of carboxylic acid groups (broad SMARTS) is 1. The number of nitrogen functional groups attached to an aromatic ring is 1. The number of ether oxygens (including phenoxy) is 1. The first-order valence-electron chi connectivity index (χ1n) is 8.66. The van der Waals surface area contributed by atoms with E-state index in [0.717, 1.165) is 30.0 Å². The van der Waals surface area contributed by atoms with E-state index in [1.165, 1.54) is 32.1 Å². The van der Waals surface area contributed by atoms with E-state index >= 15 is 0 Å². The highest BCUT2D eigenvalue weighted by atomic mass is 16.5. The van der Waals surface area contributed by atoms with Gasteiger partial charge < -0.3 is 20.9 Å². The van der Waals surface area contributed by atoms with E-state index in [0.29, 0.717) is 19.1 Å². The molecule has 0 aromatic heterocycles. The average molecular weight is 320 g/mol. The molecule has 1 aliphatic carbocycles. The van der Waals surface area contributed by atoms with Gasteiger partial charge in [-0.1, -0.05) is 19.3 Å². The number of nitrogens with one attached hydrogen (secondary N) is 1. The highest BCUT2D eigenvalue weighted by Crippen LogP contribution is 2.28. The monoisotopic (exact) mass is 320 g/mol. The lowest BCUT2D eigenvalue weighted by atomic mass is 9.95. The molecule has 4 N–H and O–H groups in total. The summed E-state index contributed by atoms with van der Waals surface area (Å²) in [5.74, 6) is 0.0821. The molecule has 1 aromatic carbocycles. The Morgan fingerprint density at radius 2 is 2.00 bits per heavy atom. The zero-order chi connectivity index (χ0) is 16.5. The molecule has 2 rings (SSSR count). The molecular formula is C18H28N2O3. The number of hydrogen-bond acceptors (Lipinski definition) is 4. The quantitative estimate of drug-likeness (QED) is 0.472. The Hall–Kier alpha value is -1.91. The van der Waals surface area contributed by atoms with Gasteiger partial charge in [-0.2, -0.15) is 0 Å². The molecule has 1 aromatic rings. The van der Waals surface area contributed by atoms with Crippen LogP contribution in [0.25, 0.3) is 0 Å². The second-order valence-electron chi connectivity index (χ2n) is 6.28. The van der Waals surface area contributed by atoms with Crippen LogP contribution in [0.1, 0.15) is 57.8 Å². The molecule has 0 bridgehead atoms. The Kier molecular flexibility index (Phi) is 7.04. The Labute approximate surface area is 138 Å². The first-order valence-corrected chi connectivity index (χ1v) is 8.66. The first-order chi connectivity index (χ1) is 11.1. The van der Waals surface area contributed by atoms with Crippen LogP contribution in [0.2, 0.25) is 0 Å². The van der Waals surface area contributed by atoms with Gasteiger partial charge >= 0.3 is 5.97 Å². The van der Waals surface area contributed by atoms with Crippen molar-refractivity contribution in [2.75, 3.05) is 17.7 Å². The van der Waals surface area contributed by atoms with Crippen LogP contribution in [-0.2, 0) is 4.79 Å². The third kappa shape index (κ3) is 6.38. The van der Waals surface area contributed by atoms with E-state index in [1.807, 2.05) is 18.2 Å². The van der Waals surface area contributed by atoms with Gasteiger partial charge in [0.1, 0.15) is 5.75 Å². The standard InChI is InChI=1S/C18H28N2O3/c19-16-11-10-15(23-12-6-2-5-9-18(21)22)13-17(16)20-14-7-3-1-4-8-14/h10-11,13-14,20H,1-9,12,19H2,(H,21,22). The summed E-state index contributed by atoms with van der Waals surface area (Å²) in [6.45, 7) is 0.604. The van der Waals surface area contributed by atoms with Crippen molar-refractivity contribution >= 4 is 17.3 Å². The lowest BCUT2D eigenvalue weighted by Crippen LogP contribution is -2.22. The second-order valence-corrected chi connectivity index (χ2v) is 6.28. The molecule has 1 saturated carbocycles. The van der Waals surface area contributed by atoms with Gasteiger partial charge in [0.05, 0.1) is 18.0 Å². The summed E-state index contributed by atoms with van der Waals surface area (Å²) >= 11 is 0. The number of carboxylic acids is 1. The van der Waals surface area contributed by atoms with Crippen molar-refractivity contribution in [2.24, 2.45) is 0 Å². The highest BCUT2D eigenvalue weighted by Gasteiger charge is 2.14. The predicted molar refractivity (Wildman–Crippen MR) is 92.9 cm³/mol. The summed E-state index contributed by atoms with van der Waals surface area (Å²) in [7, 11) is 0. The Morgan fingerprint density at radius 1 is 1.22 bits per heavy atom. The minimum atomic E-state index is -0.733. The van der Waals surface area contributed by atoms with E-state index in [2.05, 4.69) is 5.32 Å². The van der Waals surface area contributed by atoms with Crippen molar-refractivity contribution in [2.45, 2.75) is 63.8 Å². The number of rotatable bonds is 9. The van der Waals surface area contributed by atoms with Crippen LogP contribution in [0.5, 0.6) is 5.75 Å². The lowest BCUT2D eigenvalue weighted by Gasteiger charge is -2.24. The zero-order valence-corrected chi connectivity index (χ0v) is 13.7. The number of carbonyl (C=O) groups is 1. The van der Waals surface area contributed by atoms with Gasteiger partial charge in [-0.15, -0.1) is 0 Å². The Morgan fingerprint density at radius 3 is 2.74 bits per heavy atom. The van der Waals surface area contributed by atoms with E-state index < -0.39 is 5.97 Å². The van der Waals surface area contributed by atoms with Crippen LogP contribution < -0.4 is 15.8 Å². The maximum Gasteiger partial charge on any atom is 0.303 e. The number of anilines is 2. The maximum atomic E-state index is 10.4. The summed E-state index contributed by atoms with van der Waals surface area (Å²) in [5, 5.41) is 12.1. The SMILES string of the molecule is Nc1ccc(OCCCCCC(=O)O)cc1NC1CCCCC1. The van der Waals surface area contributed by atoms with Crippen LogP contribution in [0.4, 0.5) is 11.4 Å². The van der Waals surface area contributed by atoms with Crippen molar-refractivity contribution in [3.05, 3.63) is 18.2 Å². The molecular weight excluding hydrogens is 292 g/mol. The van der Waals surface area contributed by atoms with Crippen LogP contribution in [0.3, 0.4) is 0 Å². The smallest absolute Gasteiger partial charge is 0.303 e. The third-order valence-corrected chi connectivity index (χ3v) is 4.29. The molecule has 0 saturated heterocycles. The van der Waals surface area contributed by atoms with Gasteiger partial charge in [-0.05, 0) is 44.2 Å². The molecule has 0 atom stereocenters. The molecule has 1 fully saturated rings. The molecule has 23 heavy (non-hydrogen) atoms. The topological polar surface area (TPSA) is 84.6 Å². The normalized spacial score (nSPS) is 15.3. The van der Waals surface area contributed by atoms with Crippen molar-refractivity contribution in [1.29, 1.82) is 0 Å². The lowest BCUT2D eigenvalue weighted by molar-refractivity contribution is -0.137. The van der Waals surface area contributed by atoms with Gasteiger partial charge in [0, 0.05) is 18.5 Å². The molecule has 0 amide bonds. The van der Waals surface area contributed by atoms with E-state index in [9.17, 15) is 4.79 Å². The Balaban J connectivity index is 1.76. The van der Waals surface area contributed by atoms with Gasteiger partial charge in [0.25, 0.3) is 0 Å². The molecule has 0 spiro atoms. The maximum absolute atomic E-state index is 10.4. The summed E-state index contributed by atoms with van der Waals surface area (Å²) in [6, 6.07) is 6.25. The van der Waals surface area contributed by atoms with E-state index in [1.54, 1.807) is 0 Å². The van der Waals surface area contributed by atoms with E-state index in [-0.39, 0.29) is 6.42 Å². The van der Waals surface area contributed by atoms with Crippen LogP contribution in [0, 0.1) is 0 Å². The fourth-order valence-electron chi connectivity index (χ4n) is 2.96. The second kappa shape index (κ2) is 9.28. The van der Waals surface area contributed by atoms with Gasteiger partial charge in [0.15, 0.2) is 0 Å². The van der Waals surface area contributed by atoms with Gasteiger partial charge in [-0.25, -0.2) is 0 Å². The van der Waals surface area contributed by atoms with Crippen molar-refractivity contribution in [3.63, 3.8) is 0 Å². The number of aliphatic carboxylic acids is 1. The predicted octanol–water partition coefficient (Wildman–Crippen LogP) is 4.04. The molecule has 128 valence electrons. The van der Waals surface area contributed by atoms with Gasteiger partial charge in [-0.3, -0.25) is 4.79 Å². The highest BCUT2D eigenvalue weighted by molar-refractivity contribution is 5.68. The fourth-order valence-corrected chi connectivity index (χ4v) is 2.96. The van der Waals surface area contributed by atoms with Crippen molar-refractivity contribution < 1.29 is 14.6 Å². The number of unbranched alkanes of at least 4 members (excludes halogenated alkanes) is 2. The summed E-state index contributed by atoms with van der Waals surface area (Å²) in [4.78, 5) is 10.4. The molecule has 5 nitrogen and oxygen atoms in total. The molecule has 1 aliphatic rings. The Bertz CT molecular complexity index is 499. The van der Waals surface area contributed by atoms with Crippen LogP contribution in [0.15, 0.2) is 18.2 Å². The molecule has 5 heteroatoms. The molecule has 0 radical (unpaired) electrons. The van der Waals surface area contributed by atoms with Crippen molar-refractivity contribution in [1.82, 2.24) is 0 Å². The minimum absolute atomic E-state index is 0.233. The number of benzene rings is 1. The molecule has 0 heterocycles. The molecule has 0 unspecified atom stereocenters. The largest absolute Gasteiger partial charge is 0.494 e. The average Bonchev–Trinajstić information content (AvgIpc) is 2.54. The summed E-state index contributed by atoms with van der Waals surface area (Å²) in [6.07, 6.45) is 8.97. The number of nitrogens with two attached hydrogens (primary N) is 1. The fraction of sp³-hybridized carbons (Fsp3) is 0.611. The number of hydrogen-bond donors (Lipinski definition) is 3. The summed E-state index contributed by atoms with van der Waals surface area (Å²) < 4.78 is 5.75. The van der Waals surface area contributed by atoms with Crippen LogP contribution in [-0.4, -0.2) is 23.7 Å². The van der Waals surface area contributed by atoms with Crippen molar-refractivity contribution in [3.8, 4) is 5.75 Å². The van der Waals surface area contributed by atoms with E-state index in [4.69, 9.17) is 15.6 Å². The summed E-state index contributed by atoms with van der Waals surface area (Å²) in [5.41, 5.74) is 7.77. The van der Waals surface area contributed by atoms with Crippen LogP contribution >= 0.6 is 0 Å². The molecule has 0 aliphatic heterocycles. The first kappa shape index (κ1) is 17.4. The zero-order valence-electron chi connectivity index (χ0n) is 13.7. The van der Waals surface area contributed by atoms with Gasteiger partial charge in [0.2, 0.25) is 0 Å².